The van der Waals surface area contributed by atoms with Crippen LogP contribution in [0.2, 0.25) is 0 Å². The minimum atomic E-state index is -5.10. The number of carbonyl (C=O) groups excluding carboxylic acids is 2. The Morgan fingerprint density at radius 2 is 1.86 bits per heavy atom. The molecule has 0 fully saturated rings. The Morgan fingerprint density at radius 3 is 2.14 bits per heavy atom. The predicted octanol–water partition coefficient (Wildman–Crippen LogP) is 0.696. The zero-order valence-corrected chi connectivity index (χ0v) is 7.55. The fourth-order valence-corrected chi connectivity index (χ4v) is 0.677. The molecular formula is C7H9F3O4. The third-order valence-electron chi connectivity index (χ3n) is 1.25. The number of methoxy groups -OCH3 is 1. The minimum absolute atomic E-state index is 0.121. The predicted molar refractivity (Wildman–Crippen MR) is 38.5 cm³/mol. The number of ether oxygens (including phenoxy) is 2. The summed E-state index contributed by atoms with van der Waals surface area (Å²) in [5.74, 6) is -3.60. The lowest BCUT2D eigenvalue weighted by molar-refractivity contribution is -0.188. The quantitative estimate of drug-likeness (QED) is 0.510. The average Bonchev–Trinajstić information content (AvgIpc) is 2.04. The molecule has 0 rings (SSSR count). The lowest BCUT2D eigenvalue weighted by atomic mass is 10.2. The molecule has 0 aliphatic rings. The van der Waals surface area contributed by atoms with Crippen LogP contribution in [0.25, 0.3) is 0 Å². The smallest absolute Gasteiger partial charge is 0.453 e. The molecule has 4 nitrogen and oxygen atoms in total. The van der Waals surface area contributed by atoms with Gasteiger partial charge in [0.25, 0.3) is 5.78 Å². The van der Waals surface area contributed by atoms with Crippen LogP contribution in [0.1, 0.15) is 6.92 Å². The highest BCUT2D eigenvalue weighted by Crippen LogP contribution is 2.19. The third kappa shape index (κ3) is 3.33. The fourth-order valence-electron chi connectivity index (χ4n) is 0.677. The summed E-state index contributed by atoms with van der Waals surface area (Å²) in [4.78, 5) is 21.4. The van der Waals surface area contributed by atoms with Gasteiger partial charge in [-0.25, -0.2) is 4.79 Å². The molecule has 0 saturated carbocycles. The van der Waals surface area contributed by atoms with E-state index in [1.54, 1.807) is 0 Å². The first kappa shape index (κ1) is 12.9. The number of hydrogen-bond donors (Lipinski definition) is 0. The molecule has 0 N–H and O–H groups in total. The molecule has 0 heterocycles. The topological polar surface area (TPSA) is 52.6 Å². The molecule has 0 aliphatic carbocycles. The van der Waals surface area contributed by atoms with Crippen LogP contribution >= 0.6 is 0 Å². The molecule has 0 aromatic heterocycles. The molecule has 7 heteroatoms. The van der Waals surface area contributed by atoms with Gasteiger partial charge < -0.3 is 9.47 Å². The lowest BCUT2D eigenvalue weighted by Gasteiger charge is -2.13. The van der Waals surface area contributed by atoms with Gasteiger partial charge in [0.1, 0.15) is 0 Å². The molecule has 1 unspecified atom stereocenters. The molecule has 0 saturated heterocycles. The van der Waals surface area contributed by atoms with Gasteiger partial charge in [-0.15, -0.1) is 0 Å². The van der Waals surface area contributed by atoms with E-state index >= 15 is 0 Å². The molecule has 1 atom stereocenters. The van der Waals surface area contributed by atoms with Gasteiger partial charge in [0, 0.05) is 7.11 Å². The largest absolute Gasteiger partial charge is 0.464 e. The van der Waals surface area contributed by atoms with Gasteiger partial charge in [0.15, 0.2) is 0 Å². The molecule has 0 aliphatic heterocycles. The minimum Gasteiger partial charge on any atom is -0.464 e. The molecule has 14 heavy (non-hydrogen) atoms. The summed E-state index contributed by atoms with van der Waals surface area (Å²) in [7, 11) is 0.825. The second kappa shape index (κ2) is 4.94. The Kier molecular flexibility index (Phi) is 4.55. The maximum atomic E-state index is 11.8. The van der Waals surface area contributed by atoms with Crippen molar-refractivity contribution in [3.63, 3.8) is 0 Å². The van der Waals surface area contributed by atoms with Gasteiger partial charge in [-0.3, -0.25) is 4.79 Å². The average molecular weight is 214 g/mol. The molecule has 0 aromatic carbocycles. The Bertz CT molecular complexity index is 223. The Morgan fingerprint density at radius 1 is 1.36 bits per heavy atom. The van der Waals surface area contributed by atoms with Crippen molar-refractivity contribution in [3.05, 3.63) is 0 Å². The van der Waals surface area contributed by atoms with Gasteiger partial charge in [-0.05, 0) is 6.92 Å². The van der Waals surface area contributed by atoms with Crippen LogP contribution < -0.4 is 0 Å². The van der Waals surface area contributed by atoms with Crippen molar-refractivity contribution in [1.29, 1.82) is 0 Å². The zero-order chi connectivity index (χ0) is 11.4. The molecule has 0 aromatic rings. The van der Waals surface area contributed by atoms with Crippen LogP contribution in [0, 0.1) is 0 Å². The Balaban J connectivity index is 4.57. The van der Waals surface area contributed by atoms with Gasteiger partial charge >= 0.3 is 12.1 Å². The van der Waals surface area contributed by atoms with Crippen molar-refractivity contribution in [2.75, 3.05) is 13.7 Å². The summed E-state index contributed by atoms with van der Waals surface area (Å²) in [6.07, 6.45) is -7.33. The summed E-state index contributed by atoms with van der Waals surface area (Å²) in [5.41, 5.74) is 0. The van der Waals surface area contributed by atoms with Crippen LogP contribution in [-0.2, 0) is 19.1 Å². The number of esters is 1. The van der Waals surface area contributed by atoms with Crippen LogP contribution in [0.15, 0.2) is 0 Å². The maximum absolute atomic E-state index is 11.8. The van der Waals surface area contributed by atoms with E-state index in [-0.39, 0.29) is 6.61 Å². The first-order valence-corrected chi connectivity index (χ1v) is 3.65. The van der Waals surface area contributed by atoms with E-state index < -0.39 is 24.0 Å². The SMILES string of the molecule is CCOC(=O)C(OC)C(=O)C(F)(F)F. The van der Waals surface area contributed by atoms with E-state index in [9.17, 15) is 22.8 Å². The highest BCUT2D eigenvalue weighted by atomic mass is 19.4. The summed E-state index contributed by atoms with van der Waals surface area (Å²) in [6.45, 7) is 1.28. The van der Waals surface area contributed by atoms with E-state index in [2.05, 4.69) is 9.47 Å². The standard InChI is InChI=1S/C7H9F3O4/c1-3-14-6(12)4(13-2)5(11)7(8,9)10/h4H,3H2,1-2H3. The van der Waals surface area contributed by atoms with Crippen molar-refractivity contribution in [3.8, 4) is 0 Å². The second-order valence-electron chi connectivity index (χ2n) is 2.23. The normalized spacial score (nSPS) is 13.5. The number of ketones is 1. The number of Topliss-reactive ketones (excluding diaryl/α,β-unsaturated/α-hetero) is 1. The number of alkyl halides is 3. The Hall–Kier alpha value is -1.11. The third-order valence-corrected chi connectivity index (χ3v) is 1.25. The second-order valence-corrected chi connectivity index (χ2v) is 2.23. The van der Waals surface area contributed by atoms with Crippen molar-refractivity contribution in [1.82, 2.24) is 0 Å². The van der Waals surface area contributed by atoms with Crippen molar-refractivity contribution in [2.24, 2.45) is 0 Å². The lowest BCUT2D eigenvalue weighted by Crippen LogP contribution is -2.42. The van der Waals surface area contributed by atoms with Gasteiger partial charge in [-0.2, -0.15) is 13.2 Å². The highest BCUT2D eigenvalue weighted by Gasteiger charge is 2.47. The van der Waals surface area contributed by atoms with Crippen molar-refractivity contribution in [2.45, 2.75) is 19.2 Å². The van der Waals surface area contributed by atoms with E-state index in [1.807, 2.05) is 0 Å². The van der Waals surface area contributed by atoms with Crippen LogP contribution in [0.5, 0.6) is 0 Å². The highest BCUT2D eigenvalue weighted by molar-refractivity contribution is 6.04. The van der Waals surface area contributed by atoms with Crippen LogP contribution in [0.3, 0.4) is 0 Å². The molecule has 82 valence electrons. The Labute approximate surface area is 78.0 Å². The number of hydrogen-bond acceptors (Lipinski definition) is 4. The van der Waals surface area contributed by atoms with E-state index in [0.29, 0.717) is 0 Å². The maximum Gasteiger partial charge on any atom is 0.453 e. The van der Waals surface area contributed by atoms with Crippen molar-refractivity contribution >= 4 is 11.8 Å². The van der Waals surface area contributed by atoms with Gasteiger partial charge in [-0.1, -0.05) is 0 Å². The first-order valence-electron chi connectivity index (χ1n) is 3.65. The zero-order valence-electron chi connectivity index (χ0n) is 7.55. The van der Waals surface area contributed by atoms with Crippen LogP contribution in [-0.4, -0.2) is 37.7 Å². The van der Waals surface area contributed by atoms with Crippen LogP contribution in [0.4, 0.5) is 13.2 Å². The monoisotopic (exact) mass is 214 g/mol. The molecule has 0 amide bonds. The molecule has 0 radical (unpaired) electrons. The molecular weight excluding hydrogens is 205 g/mol. The van der Waals surface area contributed by atoms with E-state index in [4.69, 9.17) is 0 Å². The summed E-state index contributed by atoms with van der Waals surface area (Å²) in [5, 5.41) is 0. The molecule has 0 spiro atoms. The number of rotatable bonds is 4. The molecule has 0 bridgehead atoms. The number of halogens is 3. The van der Waals surface area contributed by atoms with Gasteiger partial charge in [0.2, 0.25) is 6.10 Å². The number of carbonyl (C=O) groups is 2. The summed E-state index contributed by atoms with van der Waals surface area (Å²) in [6, 6.07) is 0. The fraction of sp³-hybridized carbons (Fsp3) is 0.714. The van der Waals surface area contributed by atoms with Crippen molar-refractivity contribution < 1.29 is 32.2 Å². The first-order chi connectivity index (χ1) is 6.34. The van der Waals surface area contributed by atoms with E-state index in [1.165, 1.54) is 6.92 Å². The summed E-state index contributed by atoms with van der Waals surface area (Å²) >= 11 is 0. The van der Waals surface area contributed by atoms with Gasteiger partial charge in [0.05, 0.1) is 6.61 Å². The van der Waals surface area contributed by atoms with E-state index in [0.717, 1.165) is 7.11 Å². The summed E-state index contributed by atoms with van der Waals surface area (Å²) < 4.78 is 43.9.